The minimum absolute atomic E-state index is 0.170. The molecule has 2 rings (SSSR count). The van der Waals surface area contributed by atoms with E-state index in [0.717, 1.165) is 16.9 Å². The molecule has 0 saturated heterocycles. The van der Waals surface area contributed by atoms with Crippen molar-refractivity contribution in [2.24, 2.45) is 0 Å². The SMILES string of the molecule is Cc1cnccc1NC(=O)c1cc(N)nc(C(C)(C)C)c1. The number of hydrogen-bond acceptors (Lipinski definition) is 4. The molecule has 0 saturated carbocycles. The molecule has 0 bridgehead atoms. The molecule has 0 aliphatic rings. The topological polar surface area (TPSA) is 80.9 Å². The number of carbonyl (C=O) groups is 1. The third-order valence-electron chi connectivity index (χ3n) is 3.14. The summed E-state index contributed by atoms with van der Waals surface area (Å²) in [7, 11) is 0. The number of nitrogens with two attached hydrogens (primary N) is 1. The summed E-state index contributed by atoms with van der Waals surface area (Å²) < 4.78 is 0. The highest BCUT2D eigenvalue weighted by molar-refractivity contribution is 6.05. The number of nitrogen functional groups attached to an aromatic ring is 1. The fraction of sp³-hybridized carbons (Fsp3) is 0.312. The van der Waals surface area contributed by atoms with Crippen molar-refractivity contribution < 1.29 is 4.79 Å². The van der Waals surface area contributed by atoms with Crippen LogP contribution in [0.3, 0.4) is 0 Å². The second kappa shape index (κ2) is 5.52. The second-order valence-corrected chi connectivity index (χ2v) is 6.06. The Bertz CT molecular complexity index is 674. The number of aryl methyl sites for hydroxylation is 1. The van der Waals surface area contributed by atoms with Gasteiger partial charge in [0, 0.05) is 34.8 Å². The van der Waals surface area contributed by atoms with Gasteiger partial charge in [0.2, 0.25) is 0 Å². The lowest BCUT2D eigenvalue weighted by Crippen LogP contribution is -2.18. The van der Waals surface area contributed by atoms with Crippen LogP contribution in [0.5, 0.6) is 0 Å². The van der Waals surface area contributed by atoms with Gasteiger partial charge in [-0.3, -0.25) is 9.78 Å². The maximum Gasteiger partial charge on any atom is 0.255 e. The quantitative estimate of drug-likeness (QED) is 0.888. The Labute approximate surface area is 124 Å². The van der Waals surface area contributed by atoms with Gasteiger partial charge in [-0.1, -0.05) is 20.8 Å². The minimum atomic E-state index is -0.205. The first-order valence-electron chi connectivity index (χ1n) is 6.77. The fourth-order valence-electron chi connectivity index (χ4n) is 1.88. The molecule has 2 aromatic heterocycles. The summed E-state index contributed by atoms with van der Waals surface area (Å²) in [6, 6.07) is 5.13. The molecule has 110 valence electrons. The Morgan fingerprint density at radius 1 is 1.29 bits per heavy atom. The first-order chi connectivity index (χ1) is 9.77. The summed E-state index contributed by atoms with van der Waals surface area (Å²) in [6.45, 7) is 7.99. The summed E-state index contributed by atoms with van der Waals surface area (Å²) in [6.07, 6.45) is 3.35. The minimum Gasteiger partial charge on any atom is -0.384 e. The molecule has 0 aromatic carbocycles. The molecule has 0 aliphatic heterocycles. The molecule has 5 heteroatoms. The number of rotatable bonds is 2. The molecule has 2 aromatic rings. The molecule has 0 radical (unpaired) electrons. The van der Waals surface area contributed by atoms with Crippen LogP contribution in [0.1, 0.15) is 42.4 Å². The number of nitrogens with zero attached hydrogens (tertiary/aromatic N) is 2. The zero-order valence-corrected chi connectivity index (χ0v) is 12.8. The van der Waals surface area contributed by atoms with E-state index in [9.17, 15) is 4.79 Å². The van der Waals surface area contributed by atoms with E-state index in [-0.39, 0.29) is 11.3 Å². The Morgan fingerprint density at radius 3 is 2.62 bits per heavy atom. The van der Waals surface area contributed by atoms with Crippen LogP contribution in [0.15, 0.2) is 30.6 Å². The lowest BCUT2D eigenvalue weighted by atomic mass is 9.90. The predicted molar refractivity (Wildman–Crippen MR) is 84.3 cm³/mol. The van der Waals surface area contributed by atoms with E-state index in [1.807, 2.05) is 27.7 Å². The zero-order chi connectivity index (χ0) is 15.6. The largest absolute Gasteiger partial charge is 0.384 e. The number of amides is 1. The van der Waals surface area contributed by atoms with Crippen molar-refractivity contribution in [1.82, 2.24) is 9.97 Å². The number of nitrogens with one attached hydrogen (secondary N) is 1. The summed E-state index contributed by atoms with van der Waals surface area (Å²) >= 11 is 0. The standard InChI is InChI=1S/C16H20N4O/c1-10-9-18-6-5-12(10)19-15(21)11-7-13(16(2,3)4)20-14(17)8-11/h5-9H,1-4H3,(H2,17,20)(H,18,19,21). The smallest absolute Gasteiger partial charge is 0.255 e. The Hall–Kier alpha value is -2.43. The van der Waals surface area contributed by atoms with Gasteiger partial charge < -0.3 is 11.1 Å². The molecule has 0 atom stereocenters. The molecule has 21 heavy (non-hydrogen) atoms. The van der Waals surface area contributed by atoms with E-state index in [1.54, 1.807) is 30.6 Å². The maximum absolute atomic E-state index is 12.4. The zero-order valence-electron chi connectivity index (χ0n) is 12.8. The van der Waals surface area contributed by atoms with E-state index in [4.69, 9.17) is 5.73 Å². The number of hydrogen-bond donors (Lipinski definition) is 2. The Morgan fingerprint density at radius 2 is 2.00 bits per heavy atom. The van der Waals surface area contributed by atoms with Gasteiger partial charge in [0.05, 0.1) is 0 Å². The van der Waals surface area contributed by atoms with Crippen LogP contribution in [-0.4, -0.2) is 15.9 Å². The molecule has 3 N–H and O–H groups in total. The highest BCUT2D eigenvalue weighted by Crippen LogP contribution is 2.23. The van der Waals surface area contributed by atoms with Crippen molar-refractivity contribution in [2.45, 2.75) is 33.1 Å². The summed E-state index contributed by atoms with van der Waals surface area (Å²) in [5.41, 5.74) is 8.59. The van der Waals surface area contributed by atoms with Gasteiger partial charge in [-0.2, -0.15) is 0 Å². The van der Waals surface area contributed by atoms with Gasteiger partial charge in [-0.15, -0.1) is 0 Å². The highest BCUT2D eigenvalue weighted by Gasteiger charge is 2.19. The van der Waals surface area contributed by atoms with Crippen LogP contribution in [0.2, 0.25) is 0 Å². The van der Waals surface area contributed by atoms with Gasteiger partial charge in [0.1, 0.15) is 5.82 Å². The van der Waals surface area contributed by atoms with Gasteiger partial charge in [0.15, 0.2) is 0 Å². The molecule has 0 fully saturated rings. The highest BCUT2D eigenvalue weighted by atomic mass is 16.1. The van der Waals surface area contributed by atoms with Gasteiger partial charge in [-0.05, 0) is 30.7 Å². The van der Waals surface area contributed by atoms with Crippen molar-refractivity contribution >= 4 is 17.4 Å². The Kier molecular flexibility index (Phi) is 3.93. The molecule has 5 nitrogen and oxygen atoms in total. The summed E-state index contributed by atoms with van der Waals surface area (Å²) in [5, 5.41) is 2.87. The monoisotopic (exact) mass is 284 g/mol. The second-order valence-electron chi connectivity index (χ2n) is 6.06. The molecule has 2 heterocycles. The molecule has 0 spiro atoms. The molecular weight excluding hydrogens is 264 g/mol. The van der Waals surface area contributed by atoms with Crippen LogP contribution in [0.25, 0.3) is 0 Å². The van der Waals surface area contributed by atoms with Gasteiger partial charge in [-0.25, -0.2) is 4.98 Å². The summed E-state index contributed by atoms with van der Waals surface area (Å²) in [5.74, 6) is 0.142. The van der Waals surface area contributed by atoms with Crippen molar-refractivity contribution in [1.29, 1.82) is 0 Å². The predicted octanol–water partition coefficient (Wildman–Crippen LogP) is 2.92. The normalized spacial score (nSPS) is 11.2. The lowest BCUT2D eigenvalue weighted by molar-refractivity contribution is 0.102. The number of pyridine rings is 2. The maximum atomic E-state index is 12.4. The summed E-state index contributed by atoms with van der Waals surface area (Å²) in [4.78, 5) is 20.7. The molecule has 0 aliphatic carbocycles. The van der Waals surface area contributed by atoms with Crippen LogP contribution >= 0.6 is 0 Å². The van der Waals surface area contributed by atoms with Crippen molar-refractivity contribution in [3.05, 3.63) is 47.4 Å². The van der Waals surface area contributed by atoms with Crippen molar-refractivity contribution in [3.8, 4) is 0 Å². The Balaban J connectivity index is 2.32. The molecule has 1 amide bonds. The van der Waals surface area contributed by atoms with Gasteiger partial charge >= 0.3 is 0 Å². The van der Waals surface area contributed by atoms with E-state index in [0.29, 0.717) is 11.4 Å². The average molecular weight is 284 g/mol. The van der Waals surface area contributed by atoms with Gasteiger partial charge in [0.25, 0.3) is 5.91 Å². The van der Waals surface area contributed by atoms with Crippen LogP contribution < -0.4 is 11.1 Å². The van der Waals surface area contributed by atoms with E-state index < -0.39 is 0 Å². The third-order valence-corrected chi connectivity index (χ3v) is 3.14. The molecular formula is C16H20N4O. The first-order valence-corrected chi connectivity index (χ1v) is 6.77. The van der Waals surface area contributed by atoms with Crippen molar-refractivity contribution in [2.75, 3.05) is 11.1 Å². The van der Waals surface area contributed by atoms with Crippen molar-refractivity contribution in [3.63, 3.8) is 0 Å². The number of carbonyl (C=O) groups excluding carboxylic acids is 1. The average Bonchev–Trinajstić information content (AvgIpc) is 2.39. The van der Waals surface area contributed by atoms with Crippen LogP contribution in [-0.2, 0) is 5.41 Å². The number of anilines is 2. The van der Waals surface area contributed by atoms with Crippen LogP contribution in [0, 0.1) is 6.92 Å². The lowest BCUT2D eigenvalue weighted by Gasteiger charge is -2.19. The molecule has 0 unspecified atom stereocenters. The van der Waals surface area contributed by atoms with Crippen LogP contribution in [0.4, 0.5) is 11.5 Å². The first kappa shape index (κ1) is 15.0. The third kappa shape index (κ3) is 3.56. The van der Waals surface area contributed by atoms with E-state index >= 15 is 0 Å². The van der Waals surface area contributed by atoms with E-state index in [2.05, 4.69) is 15.3 Å². The van der Waals surface area contributed by atoms with E-state index in [1.165, 1.54) is 0 Å². The number of aromatic nitrogens is 2. The fourth-order valence-corrected chi connectivity index (χ4v) is 1.88.